The Morgan fingerprint density at radius 2 is 1.50 bits per heavy atom. The quantitative estimate of drug-likeness (QED) is 0.151. The minimum atomic E-state index is -4.28. The molecule has 0 aliphatic carbocycles. The highest BCUT2D eigenvalue weighted by Crippen LogP contribution is 2.42. The van der Waals surface area contributed by atoms with Crippen LogP contribution in [0, 0.1) is 11.6 Å². The summed E-state index contributed by atoms with van der Waals surface area (Å²) >= 11 is 0. The number of hydrogen-bond acceptors (Lipinski definition) is 9. The third kappa shape index (κ3) is 7.11. The zero-order chi connectivity index (χ0) is 37.0. The summed E-state index contributed by atoms with van der Waals surface area (Å²) in [6.45, 7) is 0. The van der Waals surface area contributed by atoms with Gasteiger partial charge in [0.25, 0.3) is 15.9 Å². The number of amides is 1. The van der Waals surface area contributed by atoms with Crippen molar-refractivity contribution in [2.45, 2.75) is 17.4 Å². The van der Waals surface area contributed by atoms with Crippen LogP contribution in [0.2, 0.25) is 0 Å². The van der Waals surface area contributed by atoms with Gasteiger partial charge in [-0.3, -0.25) is 9.52 Å². The molecule has 0 unspecified atom stereocenters. The molecule has 0 saturated heterocycles. The molecule has 0 aliphatic rings. The van der Waals surface area contributed by atoms with Crippen LogP contribution in [0.3, 0.4) is 0 Å². The molecule has 266 valence electrons. The molecule has 6 aromatic rings. The summed E-state index contributed by atoms with van der Waals surface area (Å²) in [7, 11) is -0.0517. The first kappa shape index (κ1) is 35.5. The zero-order valence-electron chi connectivity index (χ0n) is 28.0. The fourth-order valence-electron chi connectivity index (χ4n) is 5.84. The first-order chi connectivity index (χ1) is 25.0. The second-order valence-electron chi connectivity index (χ2n) is 11.4. The first-order valence-electron chi connectivity index (χ1n) is 15.6. The third-order valence-corrected chi connectivity index (χ3v) is 9.68. The van der Waals surface area contributed by atoms with Crippen LogP contribution in [0.4, 0.5) is 14.5 Å². The monoisotopic (exact) mass is 727 g/mol. The molecular formula is C37H31F2N5O7S. The largest absolute Gasteiger partial charge is 0.496 e. The van der Waals surface area contributed by atoms with Gasteiger partial charge in [0.05, 0.1) is 43.2 Å². The van der Waals surface area contributed by atoms with E-state index in [9.17, 15) is 18.0 Å². The number of esters is 1. The summed E-state index contributed by atoms with van der Waals surface area (Å²) in [5, 5.41) is 7.88. The summed E-state index contributed by atoms with van der Waals surface area (Å²) < 4.78 is 76.4. The van der Waals surface area contributed by atoms with E-state index in [1.807, 2.05) is 42.5 Å². The maximum Gasteiger partial charge on any atom is 0.328 e. The number of halogens is 2. The fourth-order valence-corrected chi connectivity index (χ4v) is 6.88. The highest BCUT2D eigenvalue weighted by molar-refractivity contribution is 7.92. The molecule has 0 saturated carbocycles. The van der Waals surface area contributed by atoms with E-state index >= 15 is 8.78 Å². The van der Waals surface area contributed by atoms with Gasteiger partial charge in [0.15, 0.2) is 0 Å². The van der Waals surface area contributed by atoms with Crippen molar-refractivity contribution in [1.82, 2.24) is 20.1 Å². The van der Waals surface area contributed by atoms with Crippen molar-refractivity contribution in [2.75, 3.05) is 26.1 Å². The van der Waals surface area contributed by atoms with Crippen LogP contribution in [0.1, 0.15) is 15.9 Å². The van der Waals surface area contributed by atoms with E-state index in [-0.39, 0.29) is 11.3 Å². The van der Waals surface area contributed by atoms with Crippen molar-refractivity contribution in [1.29, 1.82) is 0 Å². The van der Waals surface area contributed by atoms with Gasteiger partial charge in [-0.05, 0) is 70.4 Å². The van der Waals surface area contributed by atoms with Gasteiger partial charge in [0.1, 0.15) is 47.4 Å². The number of rotatable bonds is 12. The smallest absolute Gasteiger partial charge is 0.328 e. The number of carbonyl (C=O) groups is 2. The Morgan fingerprint density at radius 3 is 2.10 bits per heavy atom. The number of benzene rings is 5. The molecule has 1 amide bonds. The number of anilines is 1. The number of sulfonamides is 1. The average Bonchev–Trinajstić information content (AvgIpc) is 3.69. The number of nitrogens with one attached hydrogen (secondary N) is 2. The molecular weight excluding hydrogens is 696 g/mol. The summed E-state index contributed by atoms with van der Waals surface area (Å²) in [6, 6.07) is 21.9. The maximum atomic E-state index is 15.4. The Labute approximate surface area is 297 Å². The van der Waals surface area contributed by atoms with E-state index in [1.54, 1.807) is 26.4 Å². The molecule has 1 atom stereocenters. The lowest BCUT2D eigenvalue weighted by atomic mass is 9.91. The van der Waals surface area contributed by atoms with Crippen molar-refractivity contribution < 1.29 is 41.0 Å². The molecule has 5 aromatic carbocycles. The Hall–Kier alpha value is -6.35. The van der Waals surface area contributed by atoms with Gasteiger partial charge < -0.3 is 19.5 Å². The van der Waals surface area contributed by atoms with Crippen molar-refractivity contribution in [3.63, 3.8) is 0 Å². The predicted octanol–water partition coefficient (Wildman–Crippen LogP) is 5.70. The molecule has 0 fully saturated rings. The lowest BCUT2D eigenvalue weighted by Gasteiger charge is -2.20. The highest BCUT2D eigenvalue weighted by atomic mass is 32.2. The van der Waals surface area contributed by atoms with E-state index in [0.717, 1.165) is 23.4 Å². The Balaban J connectivity index is 1.25. The van der Waals surface area contributed by atoms with Gasteiger partial charge in [0.2, 0.25) is 0 Å². The Kier molecular flexibility index (Phi) is 10.1. The lowest BCUT2D eigenvalue weighted by Crippen LogP contribution is -2.43. The number of ether oxygens (including phenoxy) is 3. The van der Waals surface area contributed by atoms with Gasteiger partial charge in [-0.15, -0.1) is 0 Å². The average molecular weight is 728 g/mol. The van der Waals surface area contributed by atoms with Gasteiger partial charge in [-0.25, -0.2) is 31.7 Å². The molecule has 0 bridgehead atoms. The van der Waals surface area contributed by atoms with E-state index < -0.39 is 50.8 Å². The molecule has 12 nitrogen and oxygen atoms in total. The second kappa shape index (κ2) is 14.9. The molecule has 2 N–H and O–H groups in total. The van der Waals surface area contributed by atoms with Crippen LogP contribution < -0.4 is 19.5 Å². The van der Waals surface area contributed by atoms with Crippen molar-refractivity contribution in [3.05, 3.63) is 126 Å². The summed E-state index contributed by atoms with van der Waals surface area (Å²) in [5.41, 5.74) is 1.19. The first-order valence-corrected chi connectivity index (χ1v) is 17.1. The van der Waals surface area contributed by atoms with E-state index in [4.69, 9.17) is 14.2 Å². The van der Waals surface area contributed by atoms with Crippen LogP contribution in [0.25, 0.3) is 27.6 Å². The maximum absolute atomic E-state index is 15.4. The minimum Gasteiger partial charge on any atom is -0.496 e. The Morgan fingerprint density at radius 1 is 0.846 bits per heavy atom. The molecule has 0 spiro atoms. The van der Waals surface area contributed by atoms with Gasteiger partial charge in [0, 0.05) is 6.42 Å². The summed E-state index contributed by atoms with van der Waals surface area (Å²) in [5.74, 6) is -3.66. The van der Waals surface area contributed by atoms with Crippen molar-refractivity contribution in [2.24, 2.45) is 0 Å². The highest BCUT2D eigenvalue weighted by Gasteiger charge is 2.28. The van der Waals surface area contributed by atoms with E-state index in [1.165, 1.54) is 41.6 Å². The van der Waals surface area contributed by atoms with Crippen molar-refractivity contribution in [3.8, 4) is 28.3 Å². The number of nitrogens with zero attached hydrogens (tertiary/aromatic N) is 3. The Bertz CT molecular complexity index is 2340. The van der Waals surface area contributed by atoms with Crippen LogP contribution in [-0.4, -0.2) is 62.4 Å². The van der Waals surface area contributed by atoms with E-state index in [2.05, 4.69) is 20.1 Å². The molecule has 1 heterocycles. The minimum absolute atomic E-state index is 0.0981. The molecule has 15 heteroatoms. The fraction of sp³-hybridized carbons (Fsp3) is 0.135. The van der Waals surface area contributed by atoms with E-state index in [0.29, 0.717) is 40.4 Å². The lowest BCUT2D eigenvalue weighted by molar-refractivity contribution is -0.142. The van der Waals surface area contributed by atoms with Crippen molar-refractivity contribution >= 4 is 38.4 Å². The molecule has 52 heavy (non-hydrogen) atoms. The molecule has 0 radical (unpaired) electrons. The number of fused-ring (bicyclic) bond motifs is 1. The zero-order valence-corrected chi connectivity index (χ0v) is 28.8. The predicted molar refractivity (Wildman–Crippen MR) is 188 cm³/mol. The number of methoxy groups -OCH3 is 3. The number of aromatic nitrogens is 3. The SMILES string of the molecule is COC(=O)[C@H](Cc1ccc(-c2c(OC)cccc2OC)c2ccccc12)NC(=O)c1c(F)cc(NS(=O)(=O)c2ccc(-n3cncn3)cc2)cc1F. The summed E-state index contributed by atoms with van der Waals surface area (Å²) in [6.07, 6.45) is 2.65. The van der Waals surface area contributed by atoms with Crippen LogP contribution in [0.5, 0.6) is 11.5 Å². The van der Waals surface area contributed by atoms with Gasteiger partial charge in [-0.2, -0.15) is 5.10 Å². The molecule has 0 aliphatic heterocycles. The molecule has 1 aromatic heterocycles. The summed E-state index contributed by atoms with van der Waals surface area (Å²) in [4.78, 5) is 29.9. The number of hydrogen-bond donors (Lipinski definition) is 2. The number of carbonyl (C=O) groups excluding carboxylic acids is 2. The standard InChI is InChI=1S/C37H31F2N5O7S/c1-49-32-9-6-10-33(50-2)34(32)28-16-11-22(26-7-4-5-8-27(26)28)17-31(37(46)51-3)42-36(45)35-29(38)18-23(19-30(35)39)43-52(47,48)25-14-12-24(13-15-25)44-21-40-20-41-44/h4-16,18-21,31,43H,17H2,1-3H3,(H,42,45)/t31-/m0/s1. The normalized spacial score (nSPS) is 11.9. The van der Waals surface area contributed by atoms with Gasteiger partial charge in [-0.1, -0.05) is 42.5 Å². The topological polar surface area (TPSA) is 151 Å². The second-order valence-corrected chi connectivity index (χ2v) is 13.0. The van der Waals surface area contributed by atoms with Crippen LogP contribution in [0.15, 0.2) is 109 Å². The molecule has 6 rings (SSSR count). The third-order valence-electron chi connectivity index (χ3n) is 8.28. The van der Waals surface area contributed by atoms with Crippen LogP contribution >= 0.6 is 0 Å². The van der Waals surface area contributed by atoms with Crippen LogP contribution in [-0.2, 0) is 26.0 Å². The van der Waals surface area contributed by atoms with Gasteiger partial charge >= 0.3 is 5.97 Å².